The molecule has 0 aliphatic rings. The van der Waals surface area contributed by atoms with Crippen molar-refractivity contribution in [2.24, 2.45) is 0 Å². The van der Waals surface area contributed by atoms with Gasteiger partial charge in [0.1, 0.15) is 19.8 Å². The molecule has 0 fully saturated rings. The Morgan fingerprint density at radius 2 is 0.966 bits per heavy atom. The lowest BCUT2D eigenvalue weighted by Gasteiger charge is -2.28. The summed E-state index contributed by atoms with van der Waals surface area (Å²) in [5, 5.41) is 0. The van der Waals surface area contributed by atoms with E-state index < -0.39 is 32.5 Å². The predicted octanol–water partition coefficient (Wildman–Crippen LogP) is 13.0. The van der Waals surface area contributed by atoms with Crippen LogP contribution in [-0.4, -0.2) is 70.0 Å². The molecular formula is C49H88NO8P. The molecule has 0 rings (SSSR count). The van der Waals surface area contributed by atoms with Gasteiger partial charge in [0.25, 0.3) is 7.82 Å². The van der Waals surface area contributed by atoms with Gasteiger partial charge in [0, 0.05) is 12.8 Å². The maximum Gasteiger partial charge on any atom is 0.306 e. The van der Waals surface area contributed by atoms with E-state index in [-0.39, 0.29) is 26.1 Å². The van der Waals surface area contributed by atoms with Gasteiger partial charge < -0.3 is 27.9 Å². The van der Waals surface area contributed by atoms with E-state index in [4.69, 9.17) is 18.5 Å². The number of unbranched alkanes of at least 4 members (excludes halogenated alkanes) is 22. The molecule has 9 nitrogen and oxygen atoms in total. The zero-order valence-electron chi connectivity index (χ0n) is 38.4. The lowest BCUT2D eigenvalue weighted by molar-refractivity contribution is -0.870. The van der Waals surface area contributed by atoms with Gasteiger partial charge in [-0.15, -0.1) is 0 Å². The van der Waals surface area contributed by atoms with Gasteiger partial charge in [-0.1, -0.05) is 209 Å². The molecule has 0 aliphatic heterocycles. The van der Waals surface area contributed by atoms with E-state index in [1.165, 1.54) is 122 Å². The number of phosphoric ester groups is 1. The normalized spacial score (nSPS) is 14.1. The second-order valence-electron chi connectivity index (χ2n) is 16.9. The van der Waals surface area contributed by atoms with Crippen LogP contribution in [-0.2, 0) is 32.7 Å². The number of carbonyl (C=O) groups excluding carboxylic acids is 2. The van der Waals surface area contributed by atoms with E-state index in [0.717, 1.165) is 25.7 Å². The molecule has 0 saturated carbocycles. The van der Waals surface area contributed by atoms with Crippen molar-refractivity contribution in [1.29, 1.82) is 0 Å². The highest BCUT2D eigenvalue weighted by molar-refractivity contribution is 7.45. The van der Waals surface area contributed by atoms with E-state index in [1.807, 2.05) is 75.8 Å². The van der Waals surface area contributed by atoms with Gasteiger partial charge in [-0.25, -0.2) is 0 Å². The van der Waals surface area contributed by atoms with Gasteiger partial charge in [0.05, 0.1) is 27.7 Å². The number of hydrogen-bond acceptors (Lipinski definition) is 8. The number of quaternary nitrogens is 1. The number of phosphoric acid groups is 1. The number of ether oxygens (including phenoxy) is 2. The Bertz CT molecular complexity index is 1190. The Morgan fingerprint density at radius 3 is 1.42 bits per heavy atom. The van der Waals surface area contributed by atoms with Crippen LogP contribution in [0.5, 0.6) is 0 Å². The summed E-state index contributed by atoms with van der Waals surface area (Å²) in [5.74, 6) is -0.919. The molecule has 0 spiro atoms. The quantitative estimate of drug-likeness (QED) is 0.0196. The molecule has 0 N–H and O–H groups in total. The van der Waals surface area contributed by atoms with Gasteiger partial charge >= 0.3 is 11.9 Å². The van der Waals surface area contributed by atoms with Crippen LogP contribution in [0.1, 0.15) is 187 Å². The first-order valence-electron chi connectivity index (χ1n) is 23.6. The van der Waals surface area contributed by atoms with E-state index in [1.54, 1.807) is 0 Å². The molecule has 2 atom stereocenters. The van der Waals surface area contributed by atoms with Crippen molar-refractivity contribution in [3.63, 3.8) is 0 Å². The Balaban J connectivity index is 4.28. The minimum atomic E-state index is -4.65. The smallest absolute Gasteiger partial charge is 0.306 e. The first-order chi connectivity index (χ1) is 28.5. The summed E-state index contributed by atoms with van der Waals surface area (Å²) in [6.07, 6.45) is 49.9. The molecule has 0 heterocycles. The van der Waals surface area contributed by atoms with Gasteiger partial charge in [-0.2, -0.15) is 0 Å². The fourth-order valence-electron chi connectivity index (χ4n) is 6.27. The van der Waals surface area contributed by atoms with Crippen molar-refractivity contribution in [3.05, 3.63) is 60.8 Å². The zero-order valence-corrected chi connectivity index (χ0v) is 39.3. The van der Waals surface area contributed by atoms with Crippen molar-refractivity contribution in [3.8, 4) is 0 Å². The summed E-state index contributed by atoms with van der Waals surface area (Å²) in [7, 11) is 1.12. The molecule has 0 aromatic rings. The average Bonchev–Trinajstić information content (AvgIpc) is 3.19. The number of hydrogen-bond donors (Lipinski definition) is 0. The number of esters is 2. The van der Waals surface area contributed by atoms with Crippen LogP contribution < -0.4 is 4.89 Å². The Morgan fingerprint density at radius 1 is 0.542 bits per heavy atom. The largest absolute Gasteiger partial charge is 0.756 e. The van der Waals surface area contributed by atoms with Crippen LogP contribution in [0.4, 0.5) is 0 Å². The Hall–Kier alpha value is -2.29. The third-order valence-corrected chi connectivity index (χ3v) is 10.9. The van der Waals surface area contributed by atoms with E-state index in [0.29, 0.717) is 23.9 Å². The van der Waals surface area contributed by atoms with Gasteiger partial charge in [-0.05, 0) is 25.7 Å². The van der Waals surface area contributed by atoms with E-state index in [2.05, 4.69) is 19.9 Å². The van der Waals surface area contributed by atoms with Crippen LogP contribution in [0.25, 0.3) is 0 Å². The molecule has 0 aliphatic carbocycles. The van der Waals surface area contributed by atoms with E-state index >= 15 is 0 Å². The first kappa shape index (κ1) is 56.7. The Labute approximate surface area is 362 Å². The lowest BCUT2D eigenvalue weighted by atomic mass is 10.0. The van der Waals surface area contributed by atoms with Crippen LogP contribution >= 0.6 is 7.82 Å². The second-order valence-corrected chi connectivity index (χ2v) is 18.3. The summed E-state index contributed by atoms with van der Waals surface area (Å²) in [6, 6.07) is 0. The number of rotatable bonds is 42. The highest BCUT2D eigenvalue weighted by Gasteiger charge is 2.21. The number of nitrogens with zero attached hydrogens (tertiary/aromatic N) is 1. The van der Waals surface area contributed by atoms with Crippen LogP contribution in [0.15, 0.2) is 60.8 Å². The van der Waals surface area contributed by atoms with Gasteiger partial charge in [0.2, 0.25) is 0 Å². The van der Waals surface area contributed by atoms with Crippen molar-refractivity contribution in [1.82, 2.24) is 0 Å². The number of allylic oxidation sites excluding steroid dienone is 10. The first-order valence-corrected chi connectivity index (χ1v) is 25.0. The molecule has 2 unspecified atom stereocenters. The third kappa shape index (κ3) is 45.1. The average molecular weight is 850 g/mol. The maximum absolute atomic E-state index is 12.6. The number of carbonyl (C=O) groups is 2. The molecule has 342 valence electrons. The fourth-order valence-corrected chi connectivity index (χ4v) is 7.00. The molecule has 0 amide bonds. The molecule has 10 heteroatoms. The molecule has 0 saturated heterocycles. The van der Waals surface area contributed by atoms with Crippen molar-refractivity contribution >= 4 is 19.8 Å². The van der Waals surface area contributed by atoms with E-state index in [9.17, 15) is 19.0 Å². The molecule has 0 radical (unpaired) electrons. The van der Waals surface area contributed by atoms with Gasteiger partial charge in [-0.3, -0.25) is 14.2 Å². The predicted molar refractivity (Wildman–Crippen MR) is 245 cm³/mol. The molecule has 0 bridgehead atoms. The zero-order chi connectivity index (χ0) is 43.6. The Kier molecular flexibility index (Phi) is 39.5. The lowest BCUT2D eigenvalue weighted by Crippen LogP contribution is -2.37. The summed E-state index contributed by atoms with van der Waals surface area (Å²) < 4.78 is 33.8. The summed E-state index contributed by atoms with van der Waals surface area (Å²) in [5.41, 5.74) is 0. The minimum absolute atomic E-state index is 0.0457. The minimum Gasteiger partial charge on any atom is -0.756 e. The molecule has 59 heavy (non-hydrogen) atoms. The summed E-state index contributed by atoms with van der Waals surface area (Å²) in [4.78, 5) is 37.5. The standard InChI is InChI=1S/C49H88NO8P/c1-6-8-10-12-14-16-18-20-21-22-23-24-25-26-27-28-30-31-33-35-37-39-41-48(51)55-45-47(46-57-59(53,54)56-44-43-50(3,4)5)58-49(52)42-40-38-36-34-32-29-19-17-15-13-11-9-7-2/h9,11,13,15,17,19,29,32,34,36,47H,6-8,10,12,14,16,18,20-28,30-31,33,35,37-46H2,1-5H3/b11-9+,15-13+,19-17+,32-29+,36-34+. The monoisotopic (exact) mass is 850 g/mol. The van der Waals surface area contributed by atoms with Crippen LogP contribution in [0.3, 0.4) is 0 Å². The molecular weight excluding hydrogens is 762 g/mol. The molecule has 0 aromatic carbocycles. The van der Waals surface area contributed by atoms with Gasteiger partial charge in [0.15, 0.2) is 6.10 Å². The van der Waals surface area contributed by atoms with Crippen molar-refractivity contribution in [2.45, 2.75) is 193 Å². The SMILES string of the molecule is CC/C=C/C=C/C=C/C=C/C=C/CCCC(=O)OC(COC(=O)CCCCCCCCCCCCCCCCCCCCCCCC)COP(=O)([O-])OCC[N+](C)(C)C. The maximum atomic E-state index is 12.6. The van der Waals surface area contributed by atoms with Crippen LogP contribution in [0, 0.1) is 0 Å². The van der Waals surface area contributed by atoms with Crippen LogP contribution in [0.2, 0.25) is 0 Å². The second kappa shape index (κ2) is 41.1. The summed E-state index contributed by atoms with van der Waals surface area (Å²) in [6.45, 7) is 4.00. The fraction of sp³-hybridized carbons (Fsp3) is 0.755. The number of likely N-dealkylation sites (N-methyl/N-ethyl adjacent to an activating group) is 1. The summed E-state index contributed by atoms with van der Waals surface area (Å²) >= 11 is 0. The topological polar surface area (TPSA) is 111 Å². The highest BCUT2D eigenvalue weighted by atomic mass is 31.2. The van der Waals surface area contributed by atoms with Crippen molar-refractivity contribution in [2.75, 3.05) is 47.5 Å². The highest BCUT2D eigenvalue weighted by Crippen LogP contribution is 2.38. The third-order valence-electron chi connectivity index (χ3n) is 9.93. The molecule has 0 aromatic heterocycles. The van der Waals surface area contributed by atoms with Crippen molar-refractivity contribution < 1.29 is 42.1 Å².